The second kappa shape index (κ2) is 7.67. The summed E-state index contributed by atoms with van der Waals surface area (Å²) in [5, 5.41) is 16.2. The lowest BCUT2D eigenvalue weighted by atomic mass is 9.76. The van der Waals surface area contributed by atoms with Crippen LogP contribution in [-0.2, 0) is 4.74 Å². The van der Waals surface area contributed by atoms with Crippen molar-refractivity contribution < 1.29 is 14.6 Å². The summed E-state index contributed by atoms with van der Waals surface area (Å²) in [6.45, 7) is 5.72. The van der Waals surface area contributed by atoms with E-state index < -0.39 is 5.60 Å². The molecule has 8 nitrogen and oxygen atoms in total. The normalized spacial score (nSPS) is 29.2. The van der Waals surface area contributed by atoms with Gasteiger partial charge in [-0.05, 0) is 75.1 Å². The van der Waals surface area contributed by atoms with E-state index in [1.165, 1.54) is 11.1 Å². The van der Waals surface area contributed by atoms with E-state index in [4.69, 9.17) is 14.6 Å². The van der Waals surface area contributed by atoms with E-state index in [9.17, 15) is 5.11 Å². The van der Waals surface area contributed by atoms with Gasteiger partial charge in [0.05, 0.1) is 43.2 Å². The van der Waals surface area contributed by atoms with Gasteiger partial charge in [-0.2, -0.15) is 15.1 Å². The summed E-state index contributed by atoms with van der Waals surface area (Å²) >= 11 is 0. The molecule has 2 unspecified atom stereocenters. The number of rotatable bonds is 4. The minimum Gasteiger partial charge on any atom is -0.467 e. The van der Waals surface area contributed by atoms with Crippen LogP contribution in [-0.4, -0.2) is 62.9 Å². The molecule has 1 aromatic carbocycles. The molecule has 4 heterocycles. The molecule has 1 N–H and O–H groups in total. The molecule has 6 rings (SSSR count). The van der Waals surface area contributed by atoms with Crippen LogP contribution in [0.3, 0.4) is 0 Å². The standard InChI is InChI=1S/C25H31N5O3/c1-15-8-17-12-26-30(21(17)10-20(15)16-4-6-25(2,31)7-5-16)23-11-22(27-24(28-23)32-3)29-13-19-9-18(29)14-33-19/h8,10-12,16,18-19,31H,4-7,9,13-14H2,1-3H3/t16-,18?,19?,25-. The molecule has 1 aliphatic carbocycles. The zero-order chi connectivity index (χ0) is 22.7. The van der Waals surface area contributed by atoms with Gasteiger partial charge in [0.2, 0.25) is 0 Å². The molecule has 3 aromatic rings. The summed E-state index contributed by atoms with van der Waals surface area (Å²) in [5.74, 6) is 2.02. The molecule has 174 valence electrons. The minimum absolute atomic E-state index is 0.284. The topological polar surface area (TPSA) is 85.5 Å². The monoisotopic (exact) mass is 449 g/mol. The highest BCUT2D eigenvalue weighted by atomic mass is 16.5. The number of hydrogen-bond acceptors (Lipinski definition) is 7. The molecule has 8 heteroatoms. The number of hydrogen-bond donors (Lipinski definition) is 1. The Kier molecular flexibility index (Phi) is 4.85. The van der Waals surface area contributed by atoms with Crippen molar-refractivity contribution in [3.8, 4) is 11.8 Å². The predicted molar refractivity (Wildman–Crippen MR) is 125 cm³/mol. The van der Waals surface area contributed by atoms with Crippen LogP contribution in [0.5, 0.6) is 6.01 Å². The Labute approximate surface area is 193 Å². The van der Waals surface area contributed by atoms with Gasteiger partial charge in [0.15, 0.2) is 5.82 Å². The molecule has 3 aliphatic rings. The maximum absolute atomic E-state index is 10.4. The third-order valence-corrected chi connectivity index (χ3v) is 7.73. The van der Waals surface area contributed by atoms with Gasteiger partial charge in [0, 0.05) is 18.0 Å². The molecular formula is C25H31N5O3. The van der Waals surface area contributed by atoms with Crippen molar-refractivity contribution in [2.24, 2.45) is 0 Å². The predicted octanol–water partition coefficient (Wildman–Crippen LogP) is 3.52. The zero-order valence-corrected chi connectivity index (χ0v) is 19.5. The number of fused-ring (bicyclic) bond motifs is 3. The van der Waals surface area contributed by atoms with Crippen LogP contribution in [0, 0.1) is 6.92 Å². The molecule has 0 radical (unpaired) electrons. The number of benzene rings is 1. The molecule has 2 saturated heterocycles. The van der Waals surface area contributed by atoms with Gasteiger partial charge < -0.3 is 19.5 Å². The van der Waals surface area contributed by atoms with E-state index in [0.717, 1.165) is 62.0 Å². The first-order chi connectivity index (χ1) is 15.9. The van der Waals surface area contributed by atoms with Gasteiger partial charge in [-0.15, -0.1) is 0 Å². The fraction of sp³-hybridized carbons (Fsp3) is 0.560. The van der Waals surface area contributed by atoms with Crippen LogP contribution in [0.25, 0.3) is 16.7 Å². The molecule has 2 aliphatic heterocycles. The van der Waals surface area contributed by atoms with Gasteiger partial charge in [-0.3, -0.25) is 0 Å². The average molecular weight is 450 g/mol. The second-order valence-corrected chi connectivity index (χ2v) is 10.2. The highest BCUT2D eigenvalue weighted by molar-refractivity contribution is 5.82. The minimum atomic E-state index is -0.537. The van der Waals surface area contributed by atoms with E-state index in [2.05, 4.69) is 33.9 Å². The molecule has 0 amide bonds. The lowest BCUT2D eigenvalue weighted by Crippen LogP contribution is -2.37. The van der Waals surface area contributed by atoms with Crippen LogP contribution in [0.1, 0.15) is 56.1 Å². The number of aromatic nitrogens is 4. The molecular weight excluding hydrogens is 418 g/mol. The fourth-order valence-electron chi connectivity index (χ4n) is 5.81. The summed E-state index contributed by atoms with van der Waals surface area (Å²) in [6.07, 6.45) is 6.90. The summed E-state index contributed by atoms with van der Waals surface area (Å²) in [4.78, 5) is 11.6. The Balaban J connectivity index is 1.40. The Morgan fingerprint density at radius 1 is 1.15 bits per heavy atom. The third kappa shape index (κ3) is 3.65. The number of anilines is 1. The number of nitrogens with zero attached hydrogens (tertiary/aromatic N) is 5. The van der Waals surface area contributed by atoms with E-state index in [-0.39, 0.29) is 6.10 Å². The van der Waals surface area contributed by atoms with Gasteiger partial charge in [0.25, 0.3) is 0 Å². The number of aliphatic hydroxyl groups is 1. The van der Waals surface area contributed by atoms with Gasteiger partial charge in [0.1, 0.15) is 5.82 Å². The second-order valence-electron chi connectivity index (χ2n) is 10.2. The van der Waals surface area contributed by atoms with Gasteiger partial charge in [-0.25, -0.2) is 4.68 Å². The van der Waals surface area contributed by atoms with Crippen molar-refractivity contribution in [3.05, 3.63) is 35.5 Å². The number of methoxy groups -OCH3 is 1. The number of ether oxygens (including phenoxy) is 2. The highest BCUT2D eigenvalue weighted by Crippen LogP contribution is 2.40. The summed E-state index contributed by atoms with van der Waals surface area (Å²) in [5.41, 5.74) is 3.12. The average Bonchev–Trinajstić information content (AvgIpc) is 3.54. The maximum Gasteiger partial charge on any atom is 0.320 e. The molecule has 0 spiro atoms. The smallest absolute Gasteiger partial charge is 0.320 e. The van der Waals surface area contributed by atoms with Crippen molar-refractivity contribution in [2.45, 2.75) is 69.6 Å². The quantitative estimate of drug-likeness (QED) is 0.652. The van der Waals surface area contributed by atoms with Crippen LogP contribution < -0.4 is 9.64 Å². The Hall–Kier alpha value is -2.71. The Morgan fingerprint density at radius 2 is 1.94 bits per heavy atom. The molecule has 2 atom stereocenters. The maximum atomic E-state index is 10.4. The van der Waals surface area contributed by atoms with Crippen molar-refractivity contribution in [1.29, 1.82) is 0 Å². The van der Waals surface area contributed by atoms with Gasteiger partial charge in [-0.1, -0.05) is 0 Å². The SMILES string of the molecule is COc1nc(N2CC3CC2CO3)cc(-n2ncc3cc(C)c([C@H]4CC[C@](C)(O)CC4)cc32)n1. The Morgan fingerprint density at radius 3 is 2.64 bits per heavy atom. The van der Waals surface area contributed by atoms with E-state index in [1.807, 2.05) is 23.9 Å². The first-order valence-electron chi connectivity index (χ1n) is 11.9. The van der Waals surface area contributed by atoms with Crippen LogP contribution in [0.2, 0.25) is 0 Å². The largest absolute Gasteiger partial charge is 0.467 e. The number of morpholine rings is 1. The van der Waals surface area contributed by atoms with Crippen molar-refractivity contribution in [1.82, 2.24) is 19.7 Å². The summed E-state index contributed by atoms with van der Waals surface area (Å²) < 4.78 is 13.1. The zero-order valence-electron chi connectivity index (χ0n) is 19.5. The summed E-state index contributed by atoms with van der Waals surface area (Å²) in [6, 6.07) is 7.19. The third-order valence-electron chi connectivity index (χ3n) is 7.73. The van der Waals surface area contributed by atoms with E-state index in [1.54, 1.807) is 7.11 Å². The van der Waals surface area contributed by atoms with E-state index >= 15 is 0 Å². The molecule has 1 saturated carbocycles. The van der Waals surface area contributed by atoms with Crippen LogP contribution >= 0.6 is 0 Å². The fourth-order valence-corrected chi connectivity index (χ4v) is 5.81. The lowest BCUT2D eigenvalue weighted by molar-refractivity contribution is 0.0171. The summed E-state index contributed by atoms with van der Waals surface area (Å²) in [7, 11) is 1.60. The molecule has 3 fully saturated rings. The van der Waals surface area contributed by atoms with Crippen molar-refractivity contribution in [2.75, 3.05) is 25.2 Å². The van der Waals surface area contributed by atoms with Gasteiger partial charge >= 0.3 is 6.01 Å². The molecule has 2 aromatic heterocycles. The van der Waals surface area contributed by atoms with Crippen molar-refractivity contribution in [3.63, 3.8) is 0 Å². The van der Waals surface area contributed by atoms with Crippen molar-refractivity contribution >= 4 is 16.7 Å². The Bertz CT molecular complexity index is 1200. The molecule has 2 bridgehead atoms. The first-order valence-corrected chi connectivity index (χ1v) is 11.9. The molecule has 33 heavy (non-hydrogen) atoms. The lowest BCUT2D eigenvalue weighted by Gasteiger charge is -2.34. The van der Waals surface area contributed by atoms with E-state index in [0.29, 0.717) is 23.8 Å². The first kappa shape index (κ1) is 20.9. The van der Waals surface area contributed by atoms with Crippen LogP contribution in [0.15, 0.2) is 24.4 Å². The highest BCUT2D eigenvalue weighted by Gasteiger charge is 2.40. The van der Waals surface area contributed by atoms with Crippen LogP contribution in [0.4, 0.5) is 5.82 Å². The number of aryl methyl sites for hydroxylation is 1.